The number of benzene rings is 1. The van der Waals surface area contributed by atoms with E-state index in [-0.39, 0.29) is 17.9 Å². The number of amides is 1. The lowest BCUT2D eigenvalue weighted by atomic mass is 9.92. The summed E-state index contributed by atoms with van der Waals surface area (Å²) in [4.78, 5) is 16.9. The maximum Gasteiger partial charge on any atom is 0.251 e. The van der Waals surface area contributed by atoms with Gasteiger partial charge in [0.2, 0.25) is 0 Å². The quantitative estimate of drug-likeness (QED) is 0.779. The van der Waals surface area contributed by atoms with Crippen molar-refractivity contribution in [3.63, 3.8) is 0 Å². The van der Waals surface area contributed by atoms with Gasteiger partial charge in [-0.05, 0) is 37.1 Å². The van der Waals surface area contributed by atoms with Crippen LogP contribution >= 0.6 is 0 Å². The Morgan fingerprint density at radius 1 is 1.38 bits per heavy atom. The van der Waals surface area contributed by atoms with Crippen molar-refractivity contribution in [2.24, 2.45) is 13.0 Å². The Labute approximate surface area is 151 Å². The van der Waals surface area contributed by atoms with Crippen molar-refractivity contribution in [3.8, 4) is 0 Å². The minimum Gasteiger partial charge on any atom is -0.441 e. The molecule has 1 aliphatic rings. The van der Waals surface area contributed by atoms with Gasteiger partial charge in [-0.25, -0.2) is 4.98 Å². The van der Waals surface area contributed by atoms with Gasteiger partial charge in [0.25, 0.3) is 5.91 Å². The third-order valence-corrected chi connectivity index (χ3v) is 4.88. The molecule has 1 amide bonds. The normalized spacial score (nSPS) is 20.4. The Bertz CT molecular complexity index is 930. The predicted molar refractivity (Wildman–Crippen MR) is 95.7 cm³/mol. The first-order valence-electron chi connectivity index (χ1n) is 8.87. The molecule has 3 aromatic rings. The molecule has 3 heterocycles. The summed E-state index contributed by atoms with van der Waals surface area (Å²) in [5, 5.41) is 7.28. The second-order valence-electron chi connectivity index (χ2n) is 6.70. The first-order valence-corrected chi connectivity index (χ1v) is 8.87. The zero-order valence-electron chi connectivity index (χ0n) is 14.9. The molecule has 136 valence electrons. The summed E-state index contributed by atoms with van der Waals surface area (Å²) >= 11 is 0. The molecule has 0 bridgehead atoms. The SMILES string of the molecule is Cc1nc2cc(C(=O)NC[C@@H]3CCCO[C@H]3c3ccnn3C)ccc2o1. The van der Waals surface area contributed by atoms with Gasteiger partial charge < -0.3 is 14.5 Å². The Morgan fingerprint density at radius 3 is 3.08 bits per heavy atom. The summed E-state index contributed by atoms with van der Waals surface area (Å²) in [5.41, 5.74) is 3.02. The predicted octanol–water partition coefficient (Wildman–Crippen LogP) is 2.77. The number of aromatic nitrogens is 3. The fourth-order valence-corrected chi connectivity index (χ4v) is 3.55. The smallest absolute Gasteiger partial charge is 0.251 e. The molecule has 1 N–H and O–H groups in total. The molecule has 1 fully saturated rings. The monoisotopic (exact) mass is 354 g/mol. The van der Waals surface area contributed by atoms with Crippen LogP contribution in [0.25, 0.3) is 11.1 Å². The molecule has 26 heavy (non-hydrogen) atoms. The number of hydrogen-bond donors (Lipinski definition) is 1. The van der Waals surface area contributed by atoms with E-state index in [1.165, 1.54) is 0 Å². The van der Waals surface area contributed by atoms with E-state index in [4.69, 9.17) is 9.15 Å². The van der Waals surface area contributed by atoms with E-state index in [0.29, 0.717) is 29.1 Å². The largest absolute Gasteiger partial charge is 0.441 e. The summed E-state index contributed by atoms with van der Waals surface area (Å²) in [7, 11) is 1.91. The highest BCUT2D eigenvalue weighted by Gasteiger charge is 2.29. The zero-order chi connectivity index (χ0) is 18.1. The molecule has 0 spiro atoms. The van der Waals surface area contributed by atoms with E-state index < -0.39 is 0 Å². The van der Waals surface area contributed by atoms with Crippen molar-refractivity contribution in [3.05, 3.63) is 47.6 Å². The van der Waals surface area contributed by atoms with Gasteiger partial charge in [-0.15, -0.1) is 0 Å². The van der Waals surface area contributed by atoms with Gasteiger partial charge >= 0.3 is 0 Å². The van der Waals surface area contributed by atoms with Crippen molar-refractivity contribution >= 4 is 17.0 Å². The lowest BCUT2D eigenvalue weighted by molar-refractivity contribution is -0.0317. The summed E-state index contributed by atoms with van der Waals surface area (Å²) < 4.78 is 13.3. The first kappa shape index (κ1) is 16.8. The highest BCUT2D eigenvalue weighted by atomic mass is 16.5. The number of ether oxygens (including phenoxy) is 1. The van der Waals surface area contributed by atoms with Gasteiger partial charge in [-0.2, -0.15) is 5.10 Å². The molecule has 7 heteroatoms. The molecule has 2 aromatic heterocycles. The number of carbonyl (C=O) groups excluding carboxylic acids is 1. The Kier molecular flexibility index (Phi) is 4.46. The third-order valence-electron chi connectivity index (χ3n) is 4.88. The van der Waals surface area contributed by atoms with E-state index >= 15 is 0 Å². The average Bonchev–Trinajstić information content (AvgIpc) is 3.23. The molecule has 0 unspecified atom stereocenters. The van der Waals surface area contributed by atoms with Crippen LogP contribution in [0.2, 0.25) is 0 Å². The molecule has 0 aliphatic carbocycles. The van der Waals surface area contributed by atoms with Crippen LogP contribution in [-0.2, 0) is 11.8 Å². The van der Waals surface area contributed by atoms with Crippen LogP contribution in [-0.4, -0.2) is 33.8 Å². The molecule has 4 rings (SSSR count). The molecular weight excluding hydrogens is 332 g/mol. The molecule has 1 aromatic carbocycles. The Morgan fingerprint density at radius 2 is 2.27 bits per heavy atom. The Hall–Kier alpha value is -2.67. The van der Waals surface area contributed by atoms with Crippen LogP contribution in [0.4, 0.5) is 0 Å². The van der Waals surface area contributed by atoms with E-state index in [2.05, 4.69) is 15.4 Å². The molecule has 1 saturated heterocycles. The van der Waals surface area contributed by atoms with Crippen LogP contribution in [0.5, 0.6) is 0 Å². The number of nitrogens with one attached hydrogen (secondary N) is 1. The standard InChI is InChI=1S/C19H22N4O3/c1-12-22-15-10-13(5-6-17(15)26-12)19(24)20-11-14-4-3-9-25-18(14)16-7-8-21-23(16)2/h5-8,10,14,18H,3-4,9,11H2,1-2H3,(H,20,24)/t14-,18+/m0/s1. The second-order valence-corrected chi connectivity index (χ2v) is 6.70. The molecule has 0 radical (unpaired) electrons. The number of carbonyl (C=O) groups is 1. The first-order chi connectivity index (χ1) is 12.6. The third kappa shape index (κ3) is 3.22. The number of nitrogens with zero attached hydrogens (tertiary/aromatic N) is 3. The van der Waals surface area contributed by atoms with E-state index in [9.17, 15) is 4.79 Å². The lowest BCUT2D eigenvalue weighted by Gasteiger charge is -2.32. The fourth-order valence-electron chi connectivity index (χ4n) is 3.55. The summed E-state index contributed by atoms with van der Waals surface area (Å²) in [6.45, 7) is 3.09. The Balaban J connectivity index is 1.45. The number of aryl methyl sites for hydroxylation is 2. The minimum absolute atomic E-state index is 0.0442. The number of fused-ring (bicyclic) bond motifs is 1. The summed E-state index contributed by atoms with van der Waals surface area (Å²) in [6.07, 6.45) is 3.74. The van der Waals surface area contributed by atoms with E-state index in [0.717, 1.165) is 25.1 Å². The fraction of sp³-hybridized carbons (Fsp3) is 0.421. The summed E-state index contributed by atoms with van der Waals surface area (Å²) in [5.74, 6) is 0.707. The highest BCUT2D eigenvalue weighted by Crippen LogP contribution is 2.32. The minimum atomic E-state index is -0.109. The van der Waals surface area contributed by atoms with Gasteiger partial charge in [0, 0.05) is 44.8 Å². The van der Waals surface area contributed by atoms with Crippen molar-refractivity contribution in [2.75, 3.05) is 13.2 Å². The van der Waals surface area contributed by atoms with Crippen LogP contribution in [0, 0.1) is 12.8 Å². The van der Waals surface area contributed by atoms with E-state index in [1.807, 2.05) is 17.8 Å². The summed E-state index contributed by atoms with van der Waals surface area (Å²) in [6, 6.07) is 7.29. The molecule has 0 saturated carbocycles. The number of rotatable bonds is 4. The lowest BCUT2D eigenvalue weighted by Crippen LogP contribution is -2.35. The van der Waals surface area contributed by atoms with Crippen molar-refractivity contribution < 1.29 is 13.9 Å². The zero-order valence-corrected chi connectivity index (χ0v) is 14.9. The van der Waals surface area contributed by atoms with Crippen LogP contribution < -0.4 is 5.32 Å². The number of hydrogen-bond acceptors (Lipinski definition) is 5. The molecular formula is C19H22N4O3. The van der Waals surface area contributed by atoms with Crippen LogP contribution in [0.3, 0.4) is 0 Å². The van der Waals surface area contributed by atoms with E-state index in [1.54, 1.807) is 31.3 Å². The van der Waals surface area contributed by atoms with Crippen molar-refractivity contribution in [1.82, 2.24) is 20.1 Å². The van der Waals surface area contributed by atoms with Gasteiger partial charge in [-0.1, -0.05) is 0 Å². The molecule has 7 nitrogen and oxygen atoms in total. The van der Waals surface area contributed by atoms with Crippen molar-refractivity contribution in [2.45, 2.75) is 25.9 Å². The van der Waals surface area contributed by atoms with Crippen LogP contribution in [0.1, 0.15) is 40.9 Å². The topological polar surface area (TPSA) is 82.2 Å². The molecule has 2 atom stereocenters. The van der Waals surface area contributed by atoms with Crippen LogP contribution in [0.15, 0.2) is 34.9 Å². The van der Waals surface area contributed by atoms with Gasteiger partial charge in [0.05, 0.1) is 5.69 Å². The molecule has 1 aliphatic heterocycles. The number of oxazole rings is 1. The maximum atomic E-state index is 12.6. The second kappa shape index (κ2) is 6.92. The van der Waals surface area contributed by atoms with Gasteiger partial charge in [-0.3, -0.25) is 9.48 Å². The average molecular weight is 354 g/mol. The van der Waals surface area contributed by atoms with Gasteiger partial charge in [0.1, 0.15) is 11.6 Å². The van der Waals surface area contributed by atoms with Gasteiger partial charge in [0.15, 0.2) is 11.5 Å². The maximum absolute atomic E-state index is 12.6. The van der Waals surface area contributed by atoms with Crippen molar-refractivity contribution in [1.29, 1.82) is 0 Å². The highest BCUT2D eigenvalue weighted by molar-refractivity contribution is 5.97.